The van der Waals surface area contributed by atoms with Crippen molar-refractivity contribution in [3.05, 3.63) is 58.7 Å². The van der Waals surface area contributed by atoms with Gasteiger partial charge in [-0.1, -0.05) is 0 Å². The summed E-state index contributed by atoms with van der Waals surface area (Å²) >= 11 is 0. The Morgan fingerprint density at radius 3 is 2.76 bits per heavy atom. The van der Waals surface area contributed by atoms with Crippen molar-refractivity contribution in [3.8, 4) is 11.8 Å². The lowest BCUT2D eigenvalue weighted by molar-refractivity contribution is -0.144. The highest BCUT2D eigenvalue weighted by Crippen LogP contribution is 2.30. The first-order chi connectivity index (χ1) is 13.9. The van der Waals surface area contributed by atoms with Crippen LogP contribution in [-0.2, 0) is 16.0 Å². The molecule has 2 N–H and O–H groups in total. The number of carbonyl (C=O) groups excluding carboxylic acids is 3. The number of phenols is 1. The second kappa shape index (κ2) is 8.57. The molecule has 1 unspecified atom stereocenters. The number of nitrogens with zero attached hydrogens (tertiary/aromatic N) is 1. The molecule has 0 saturated carbocycles. The Hall–Kier alpha value is -3.66. The van der Waals surface area contributed by atoms with E-state index < -0.39 is 11.8 Å². The molecule has 0 heterocycles. The van der Waals surface area contributed by atoms with Crippen molar-refractivity contribution in [3.63, 3.8) is 0 Å². The second-order valence-corrected chi connectivity index (χ2v) is 6.78. The molecule has 0 spiro atoms. The molecule has 0 saturated heterocycles. The van der Waals surface area contributed by atoms with Gasteiger partial charge in [0.2, 0.25) is 0 Å². The monoisotopic (exact) mass is 392 g/mol. The van der Waals surface area contributed by atoms with E-state index in [0.717, 1.165) is 5.56 Å². The first kappa shape index (κ1) is 20.1. The highest BCUT2D eigenvalue weighted by atomic mass is 16.5. The Morgan fingerprint density at radius 1 is 1.28 bits per heavy atom. The van der Waals surface area contributed by atoms with Crippen LogP contribution in [0.2, 0.25) is 0 Å². The Balaban J connectivity index is 1.73. The molecule has 0 aromatic heterocycles. The third-order valence-electron chi connectivity index (χ3n) is 4.85. The third kappa shape index (κ3) is 4.43. The number of benzene rings is 2. The Bertz CT molecular complexity index is 1020. The Morgan fingerprint density at radius 2 is 2.07 bits per heavy atom. The number of amides is 1. The summed E-state index contributed by atoms with van der Waals surface area (Å²) in [5.41, 5.74) is 2.15. The first-order valence-corrected chi connectivity index (χ1v) is 9.30. The zero-order valence-electron chi connectivity index (χ0n) is 15.9. The van der Waals surface area contributed by atoms with Gasteiger partial charge in [-0.25, -0.2) is 0 Å². The van der Waals surface area contributed by atoms with Gasteiger partial charge in [-0.15, -0.1) is 0 Å². The molecular weight excluding hydrogens is 372 g/mol. The average molecular weight is 392 g/mol. The van der Waals surface area contributed by atoms with E-state index in [1.54, 1.807) is 25.1 Å². The number of ether oxygens (including phenoxy) is 1. The number of fused-ring (bicyclic) bond motifs is 1. The third-order valence-corrected chi connectivity index (χ3v) is 4.85. The molecule has 2 aromatic rings. The van der Waals surface area contributed by atoms with Gasteiger partial charge in [0.1, 0.15) is 5.75 Å². The number of phenolic OH excluding ortho intramolecular Hbond substituents is 1. The van der Waals surface area contributed by atoms with E-state index in [1.165, 1.54) is 18.2 Å². The lowest BCUT2D eigenvalue weighted by Crippen LogP contribution is -2.26. The number of nitrogens with one attached hydrogen (secondary N) is 1. The van der Waals surface area contributed by atoms with Crippen LogP contribution in [0.5, 0.6) is 5.75 Å². The number of hydrogen-bond donors (Lipinski definition) is 2. The molecule has 148 valence electrons. The molecular formula is C22H20N2O5. The number of nitriles is 1. The number of esters is 1. The van der Waals surface area contributed by atoms with E-state index in [2.05, 4.69) is 5.32 Å². The molecule has 0 aliphatic heterocycles. The summed E-state index contributed by atoms with van der Waals surface area (Å²) in [6.07, 6.45) is 1.22. The smallest absolute Gasteiger partial charge is 0.306 e. The SMILES string of the molecule is CCOC(=O)CC1CCc2cc(NC(=O)c3ccc(C#N)cc3O)ccc2C1=O. The zero-order chi connectivity index (χ0) is 21.0. The Labute approximate surface area is 167 Å². The molecule has 1 aliphatic rings. The molecule has 29 heavy (non-hydrogen) atoms. The number of anilines is 1. The van der Waals surface area contributed by atoms with Crippen LogP contribution in [0, 0.1) is 17.2 Å². The number of Topliss-reactive ketones (excluding diaryl/α,β-unsaturated/α-hetero) is 1. The fraction of sp³-hybridized carbons (Fsp3) is 0.273. The van der Waals surface area contributed by atoms with E-state index in [4.69, 9.17) is 10.00 Å². The molecule has 1 amide bonds. The van der Waals surface area contributed by atoms with Gasteiger partial charge in [0, 0.05) is 17.2 Å². The van der Waals surface area contributed by atoms with Crippen LogP contribution in [0.25, 0.3) is 0 Å². The number of aromatic hydroxyl groups is 1. The minimum atomic E-state index is -0.519. The van der Waals surface area contributed by atoms with Gasteiger partial charge in [-0.3, -0.25) is 14.4 Å². The van der Waals surface area contributed by atoms with Crippen LogP contribution in [0.4, 0.5) is 5.69 Å². The largest absolute Gasteiger partial charge is 0.507 e. The topological polar surface area (TPSA) is 116 Å². The van der Waals surface area contributed by atoms with Crippen LogP contribution in [0.1, 0.15) is 51.6 Å². The molecule has 0 fully saturated rings. The summed E-state index contributed by atoms with van der Waals surface area (Å²) in [5, 5.41) is 21.5. The summed E-state index contributed by atoms with van der Waals surface area (Å²) in [4.78, 5) is 36.8. The van der Waals surface area contributed by atoms with Crippen molar-refractivity contribution in [2.24, 2.45) is 5.92 Å². The summed E-state index contributed by atoms with van der Waals surface area (Å²) in [6, 6.07) is 10.9. The van der Waals surface area contributed by atoms with Crippen LogP contribution in [0.15, 0.2) is 36.4 Å². The molecule has 7 nitrogen and oxygen atoms in total. The number of aryl methyl sites for hydroxylation is 1. The molecule has 3 rings (SSSR count). The molecule has 1 atom stereocenters. The lowest BCUT2D eigenvalue weighted by atomic mass is 9.81. The average Bonchev–Trinajstić information content (AvgIpc) is 2.70. The fourth-order valence-corrected chi connectivity index (χ4v) is 3.41. The van der Waals surface area contributed by atoms with Crippen molar-refractivity contribution in [1.82, 2.24) is 0 Å². The van der Waals surface area contributed by atoms with Gasteiger partial charge in [-0.05, 0) is 61.7 Å². The van der Waals surface area contributed by atoms with Crippen molar-refractivity contribution in [1.29, 1.82) is 5.26 Å². The van der Waals surface area contributed by atoms with Gasteiger partial charge in [0.15, 0.2) is 5.78 Å². The van der Waals surface area contributed by atoms with Gasteiger partial charge in [-0.2, -0.15) is 5.26 Å². The van der Waals surface area contributed by atoms with Gasteiger partial charge >= 0.3 is 5.97 Å². The molecule has 1 aliphatic carbocycles. The van der Waals surface area contributed by atoms with Gasteiger partial charge in [0.25, 0.3) is 5.91 Å². The van der Waals surface area contributed by atoms with E-state index in [1.807, 2.05) is 6.07 Å². The summed E-state index contributed by atoms with van der Waals surface area (Å²) < 4.78 is 4.93. The summed E-state index contributed by atoms with van der Waals surface area (Å²) in [6.45, 7) is 2.01. The first-order valence-electron chi connectivity index (χ1n) is 9.30. The predicted octanol–water partition coefficient (Wildman–Crippen LogP) is 3.21. The van der Waals surface area contributed by atoms with Crippen molar-refractivity contribution >= 4 is 23.3 Å². The molecule has 7 heteroatoms. The van der Waals surface area contributed by atoms with E-state index >= 15 is 0 Å². The number of hydrogen-bond acceptors (Lipinski definition) is 6. The number of rotatable bonds is 5. The van der Waals surface area contributed by atoms with E-state index in [-0.39, 0.29) is 41.7 Å². The Kier molecular flexibility index (Phi) is 5.93. The highest BCUT2D eigenvalue weighted by molar-refractivity contribution is 6.07. The van der Waals surface area contributed by atoms with Crippen LogP contribution >= 0.6 is 0 Å². The maximum Gasteiger partial charge on any atom is 0.306 e. The fourth-order valence-electron chi connectivity index (χ4n) is 3.41. The number of carbonyl (C=O) groups is 3. The maximum atomic E-state index is 12.7. The standard InChI is InChI=1S/C22H20N2O5/c1-2-29-20(26)11-15-5-4-14-10-16(6-8-17(14)21(15)27)24-22(28)18-7-3-13(12-23)9-19(18)25/h3,6-10,15,25H,2,4-5,11H2,1H3,(H,24,28). The second-order valence-electron chi connectivity index (χ2n) is 6.78. The van der Waals surface area contributed by atoms with E-state index in [0.29, 0.717) is 24.1 Å². The predicted molar refractivity (Wildman–Crippen MR) is 105 cm³/mol. The molecule has 0 bridgehead atoms. The van der Waals surface area contributed by atoms with Crippen LogP contribution < -0.4 is 5.32 Å². The molecule has 2 aromatic carbocycles. The van der Waals surface area contributed by atoms with Crippen molar-refractivity contribution < 1.29 is 24.2 Å². The van der Waals surface area contributed by atoms with Crippen LogP contribution in [-0.4, -0.2) is 29.4 Å². The maximum absolute atomic E-state index is 12.7. The van der Waals surface area contributed by atoms with Gasteiger partial charge in [0.05, 0.1) is 30.2 Å². The molecule has 0 radical (unpaired) electrons. The van der Waals surface area contributed by atoms with Crippen molar-refractivity contribution in [2.75, 3.05) is 11.9 Å². The summed E-state index contributed by atoms with van der Waals surface area (Å²) in [5.74, 6) is -1.66. The minimum absolute atomic E-state index is 0.0484. The van der Waals surface area contributed by atoms with Crippen LogP contribution in [0.3, 0.4) is 0 Å². The highest BCUT2D eigenvalue weighted by Gasteiger charge is 2.29. The van der Waals surface area contributed by atoms with Gasteiger partial charge < -0.3 is 15.2 Å². The normalized spacial score (nSPS) is 15.2. The lowest BCUT2D eigenvalue weighted by Gasteiger charge is -2.23. The zero-order valence-corrected chi connectivity index (χ0v) is 15.9. The number of ketones is 1. The summed E-state index contributed by atoms with van der Waals surface area (Å²) in [7, 11) is 0. The quantitative estimate of drug-likeness (QED) is 0.755. The van der Waals surface area contributed by atoms with Crippen molar-refractivity contribution in [2.45, 2.75) is 26.2 Å². The minimum Gasteiger partial charge on any atom is -0.507 e. The van der Waals surface area contributed by atoms with E-state index in [9.17, 15) is 19.5 Å².